The summed E-state index contributed by atoms with van der Waals surface area (Å²) >= 11 is 0. The number of hydrogen-bond donors (Lipinski definition) is 6. The summed E-state index contributed by atoms with van der Waals surface area (Å²) in [5.74, 6) is 5.59. The molecule has 9 aliphatic rings. The van der Waals surface area contributed by atoms with Crippen LogP contribution >= 0.6 is 0 Å². The van der Waals surface area contributed by atoms with Gasteiger partial charge in [0.2, 0.25) is 0 Å². The molecule has 4 aliphatic carbocycles. The molecule has 5 aliphatic heterocycles. The van der Waals surface area contributed by atoms with Gasteiger partial charge in [0.25, 0.3) is 0 Å². The Hall–Kier alpha value is 0.602. The van der Waals surface area contributed by atoms with Gasteiger partial charge >= 0.3 is 27.3 Å². The molecule has 41 heavy (non-hydrogen) atoms. The van der Waals surface area contributed by atoms with E-state index in [2.05, 4.69) is 31.9 Å². The van der Waals surface area contributed by atoms with E-state index < -0.39 is 0 Å². The summed E-state index contributed by atoms with van der Waals surface area (Å²) in [5.41, 5.74) is 0. The Balaban J connectivity index is 0.00000256. The fourth-order valence-corrected chi connectivity index (χ4v) is 11.7. The molecule has 0 aromatic rings. The van der Waals surface area contributed by atoms with Crippen molar-refractivity contribution in [2.24, 2.45) is 47.3 Å². The summed E-state index contributed by atoms with van der Waals surface area (Å²) in [4.78, 5) is 0. The molecule has 16 unspecified atom stereocenters. The van der Waals surface area contributed by atoms with Crippen LogP contribution in [-0.4, -0.2) is 76.6 Å². The molecule has 16 atom stereocenters. The Morgan fingerprint density at radius 2 is 0.537 bits per heavy atom. The van der Waals surface area contributed by atoms with Crippen LogP contribution in [0.15, 0.2) is 0 Å². The average molecular weight is 758 g/mol. The number of nitrogens with one attached hydrogen (secondary N) is 6. The molecule has 0 spiro atoms. The van der Waals surface area contributed by atoms with Gasteiger partial charge in [0.15, 0.2) is 0 Å². The van der Waals surface area contributed by atoms with Crippen molar-refractivity contribution < 1.29 is 0 Å². The van der Waals surface area contributed by atoms with Crippen LogP contribution in [0.1, 0.15) is 103 Å². The molecule has 0 aromatic carbocycles. The number of rotatable bonds is 0. The smallest absolute Gasteiger partial charge is 0.632 e. The summed E-state index contributed by atoms with van der Waals surface area (Å²) in [6, 6.07) is 0. The predicted octanol–water partition coefficient (Wildman–Crippen LogP) is 3.79. The number of hydrogen-bond acceptors (Lipinski definition) is 6. The Kier molecular flexibility index (Phi) is 8.55. The van der Waals surface area contributed by atoms with Crippen molar-refractivity contribution in [3.05, 3.63) is 10.6 Å². The number of fused-ring (bicyclic) bond motifs is 20. The first-order chi connectivity index (χ1) is 19.8. The van der Waals surface area contributed by atoms with Gasteiger partial charge in [0, 0.05) is 0 Å². The third-order valence-electron chi connectivity index (χ3n) is 13.6. The molecule has 9 rings (SSSR count). The molecule has 2 radical (unpaired) electrons. The predicted molar refractivity (Wildman–Crippen MR) is 163 cm³/mol. The largest absolute Gasteiger partial charge is 2.00 e. The standard InChI is InChI=1S/C32H54N8.Pb/c1-2-10-18-17(9-1)25-33-26(18)38-28-21-13-5-6-14-22(21)30(35-28)40-32-24-16-8-7-15-23(24)31(36-32)39-29-20-12-4-3-11-19(20)27(34-29)37-25;/h17-34,37-40H,1-16H2;/q-2;+2. The van der Waals surface area contributed by atoms with Crippen molar-refractivity contribution in [1.29, 1.82) is 0 Å². The van der Waals surface area contributed by atoms with E-state index in [1.165, 1.54) is 103 Å². The van der Waals surface area contributed by atoms with Crippen LogP contribution in [0.3, 0.4) is 0 Å². The third-order valence-corrected chi connectivity index (χ3v) is 13.6. The summed E-state index contributed by atoms with van der Waals surface area (Å²) in [5, 5.41) is 36.3. The van der Waals surface area contributed by atoms with E-state index in [0.29, 0.717) is 48.3 Å². The van der Waals surface area contributed by atoms with Crippen LogP contribution in [-0.2, 0) is 0 Å². The van der Waals surface area contributed by atoms with Gasteiger partial charge in [-0.1, -0.05) is 102 Å². The van der Waals surface area contributed by atoms with E-state index in [4.69, 9.17) is 10.6 Å². The van der Waals surface area contributed by atoms with Gasteiger partial charge in [0.05, 0.1) is 24.7 Å². The topological polar surface area (TPSA) is 100 Å². The molecule has 5 saturated heterocycles. The summed E-state index contributed by atoms with van der Waals surface area (Å²) in [6.45, 7) is 0. The van der Waals surface area contributed by atoms with Crippen LogP contribution in [0.4, 0.5) is 0 Å². The molecule has 4 saturated carbocycles. The summed E-state index contributed by atoms with van der Waals surface area (Å²) < 4.78 is 0. The maximum Gasteiger partial charge on any atom is 2.00 e. The van der Waals surface area contributed by atoms with Crippen LogP contribution in [0.25, 0.3) is 10.6 Å². The Morgan fingerprint density at radius 1 is 0.293 bits per heavy atom. The van der Waals surface area contributed by atoms with Gasteiger partial charge < -0.3 is 26.6 Å². The summed E-state index contributed by atoms with van der Waals surface area (Å²) in [6.07, 6.45) is 24.5. The van der Waals surface area contributed by atoms with E-state index in [9.17, 15) is 0 Å². The number of nitrogens with zero attached hydrogens (tertiary/aromatic N) is 2. The van der Waals surface area contributed by atoms with Crippen molar-refractivity contribution in [2.45, 2.75) is 152 Å². The van der Waals surface area contributed by atoms with Crippen molar-refractivity contribution in [2.75, 3.05) is 0 Å². The Labute approximate surface area is 268 Å². The molecule has 6 N–H and O–H groups in total. The molecule has 8 nitrogen and oxygen atoms in total. The fourth-order valence-electron chi connectivity index (χ4n) is 11.7. The zero-order valence-electron chi connectivity index (χ0n) is 24.9. The SMILES string of the molecule is C1CCC2C3[N-]C(NC4[N-]C(NC5NC(NC6NC(N3)C3CCCCC63)C3CCCCC53)C3CCCCC43)C2C1.[Pb+2]. The van der Waals surface area contributed by atoms with Crippen LogP contribution in [0.5, 0.6) is 0 Å². The molecule has 0 aromatic heterocycles. The normalized spacial score (nSPS) is 56.2. The minimum Gasteiger partial charge on any atom is -0.632 e. The van der Waals surface area contributed by atoms with Crippen LogP contribution < -0.4 is 31.9 Å². The van der Waals surface area contributed by atoms with Crippen molar-refractivity contribution in [1.82, 2.24) is 31.9 Å². The first kappa shape index (κ1) is 29.0. The zero-order chi connectivity index (χ0) is 26.2. The molecule has 226 valence electrons. The first-order valence-corrected chi connectivity index (χ1v) is 17.8. The first-order valence-electron chi connectivity index (χ1n) is 17.8. The molecule has 9 heteroatoms. The Morgan fingerprint density at radius 3 is 0.854 bits per heavy atom. The molecular weight excluding hydrogens is 704 g/mol. The van der Waals surface area contributed by atoms with E-state index in [0.717, 1.165) is 23.7 Å². The Bertz CT molecular complexity index is 716. The fraction of sp³-hybridized carbons (Fsp3) is 1.00. The van der Waals surface area contributed by atoms with Crippen molar-refractivity contribution in [3.8, 4) is 0 Å². The van der Waals surface area contributed by atoms with E-state index in [-0.39, 0.29) is 52.0 Å². The van der Waals surface area contributed by atoms with E-state index in [1.54, 1.807) is 0 Å². The summed E-state index contributed by atoms with van der Waals surface area (Å²) in [7, 11) is 0. The van der Waals surface area contributed by atoms with Gasteiger partial charge in [-0.2, -0.15) is 0 Å². The van der Waals surface area contributed by atoms with Crippen LogP contribution in [0, 0.1) is 47.3 Å². The minimum absolute atomic E-state index is 0. The van der Waals surface area contributed by atoms with Crippen molar-refractivity contribution in [3.63, 3.8) is 0 Å². The molecule has 9 fully saturated rings. The second-order valence-corrected chi connectivity index (χ2v) is 15.4. The van der Waals surface area contributed by atoms with E-state index >= 15 is 0 Å². The molecule has 8 bridgehead atoms. The van der Waals surface area contributed by atoms with Crippen LogP contribution in [0.2, 0.25) is 0 Å². The monoisotopic (exact) mass is 758 g/mol. The van der Waals surface area contributed by atoms with Crippen molar-refractivity contribution >= 4 is 27.3 Å². The molecular formula is C32H54N8Pb. The van der Waals surface area contributed by atoms with E-state index in [1.807, 2.05) is 0 Å². The van der Waals surface area contributed by atoms with Gasteiger partial charge in [-0.05, 0) is 73.0 Å². The molecule has 0 amide bonds. The van der Waals surface area contributed by atoms with Gasteiger partial charge in [-0.3, -0.25) is 16.0 Å². The van der Waals surface area contributed by atoms with Gasteiger partial charge in [-0.25, -0.2) is 0 Å². The second kappa shape index (κ2) is 12.1. The second-order valence-electron chi connectivity index (χ2n) is 15.4. The maximum absolute atomic E-state index is 5.60. The third kappa shape index (κ3) is 5.13. The zero-order valence-corrected chi connectivity index (χ0v) is 28.8. The van der Waals surface area contributed by atoms with Gasteiger partial charge in [0.1, 0.15) is 0 Å². The molecule has 5 heterocycles. The van der Waals surface area contributed by atoms with Gasteiger partial charge in [-0.15, -0.1) is 0 Å². The minimum atomic E-state index is 0. The maximum atomic E-state index is 5.60. The quantitative estimate of drug-likeness (QED) is 0.211. The average Bonchev–Trinajstić information content (AvgIpc) is 3.73.